The van der Waals surface area contributed by atoms with Gasteiger partial charge in [-0.2, -0.15) is 0 Å². The molecule has 0 radical (unpaired) electrons. The molecule has 0 aliphatic heterocycles. The zero-order valence-corrected chi connectivity index (χ0v) is 11.6. The van der Waals surface area contributed by atoms with Crippen LogP contribution < -0.4 is 5.32 Å². The van der Waals surface area contributed by atoms with E-state index in [1.54, 1.807) is 23.5 Å². The molecule has 0 bridgehead atoms. The Hall–Kier alpha value is -2.33. The van der Waals surface area contributed by atoms with E-state index in [0.717, 1.165) is 21.8 Å². The quantitative estimate of drug-likeness (QED) is 0.756. The van der Waals surface area contributed by atoms with Gasteiger partial charge < -0.3 is 10.4 Å². The molecule has 0 spiro atoms. The minimum absolute atomic E-state index is 0.292. The van der Waals surface area contributed by atoms with Crippen molar-refractivity contribution < 1.29 is 5.11 Å². The number of aromatic hydroxyl groups is 1. The molecular weight excluding hydrogens is 268 g/mol. The van der Waals surface area contributed by atoms with Crippen LogP contribution in [0.2, 0.25) is 0 Å². The van der Waals surface area contributed by atoms with Gasteiger partial charge in [-0.25, -0.2) is 4.98 Å². The van der Waals surface area contributed by atoms with Crippen LogP contribution in [0.5, 0.6) is 5.75 Å². The fourth-order valence-corrected chi connectivity index (χ4v) is 2.63. The van der Waals surface area contributed by atoms with Crippen molar-refractivity contribution in [3.63, 3.8) is 0 Å². The van der Waals surface area contributed by atoms with Gasteiger partial charge in [0.15, 0.2) is 0 Å². The maximum Gasteiger partial charge on any atom is 0.123 e. The van der Waals surface area contributed by atoms with E-state index in [9.17, 15) is 5.11 Å². The number of benzene rings is 2. The molecule has 3 aromatic rings. The molecule has 0 saturated carbocycles. The lowest BCUT2D eigenvalue weighted by atomic mass is 10.2. The van der Waals surface area contributed by atoms with Gasteiger partial charge in [0.1, 0.15) is 10.8 Å². The zero-order chi connectivity index (χ0) is 13.8. The smallest absolute Gasteiger partial charge is 0.123 e. The van der Waals surface area contributed by atoms with Crippen molar-refractivity contribution in [3.05, 3.63) is 65.7 Å². The number of phenols is 1. The maximum atomic E-state index is 9.44. The number of thiazole rings is 1. The standard InChI is InChI=1S/C16H14N2OS/c19-15-6-1-3-12(9-15)11-18-14-5-2-4-13(10-14)16-17-7-8-20-16/h1-10,18-19H,11H2. The number of anilines is 1. The van der Waals surface area contributed by atoms with Gasteiger partial charge in [0.2, 0.25) is 0 Å². The molecule has 0 saturated heterocycles. The fraction of sp³-hybridized carbons (Fsp3) is 0.0625. The summed E-state index contributed by atoms with van der Waals surface area (Å²) in [7, 11) is 0. The average Bonchev–Trinajstić information content (AvgIpc) is 3.00. The number of rotatable bonds is 4. The lowest BCUT2D eigenvalue weighted by molar-refractivity contribution is 0.474. The van der Waals surface area contributed by atoms with E-state index < -0.39 is 0 Å². The number of aromatic nitrogens is 1. The number of hydrogen-bond donors (Lipinski definition) is 2. The van der Waals surface area contributed by atoms with Crippen molar-refractivity contribution in [2.75, 3.05) is 5.32 Å². The minimum Gasteiger partial charge on any atom is -0.508 e. The van der Waals surface area contributed by atoms with Crippen molar-refractivity contribution in [1.82, 2.24) is 4.98 Å². The predicted octanol–water partition coefficient (Wildman–Crippen LogP) is 4.13. The van der Waals surface area contributed by atoms with Gasteiger partial charge in [-0.1, -0.05) is 24.3 Å². The normalized spacial score (nSPS) is 10.4. The first-order valence-electron chi connectivity index (χ1n) is 6.33. The van der Waals surface area contributed by atoms with E-state index in [2.05, 4.69) is 22.4 Å². The van der Waals surface area contributed by atoms with Crippen LogP contribution in [0.1, 0.15) is 5.56 Å². The average molecular weight is 282 g/mol. The van der Waals surface area contributed by atoms with Gasteiger partial charge in [0.05, 0.1) is 0 Å². The summed E-state index contributed by atoms with van der Waals surface area (Å²) in [5.74, 6) is 0.292. The molecule has 4 heteroatoms. The summed E-state index contributed by atoms with van der Waals surface area (Å²) in [6, 6.07) is 15.4. The molecular formula is C16H14N2OS. The highest BCUT2D eigenvalue weighted by molar-refractivity contribution is 7.13. The monoisotopic (exact) mass is 282 g/mol. The third kappa shape index (κ3) is 2.97. The van der Waals surface area contributed by atoms with Crippen LogP contribution in [0, 0.1) is 0 Å². The lowest BCUT2D eigenvalue weighted by Gasteiger charge is -2.08. The van der Waals surface area contributed by atoms with E-state index in [4.69, 9.17) is 0 Å². The summed E-state index contributed by atoms with van der Waals surface area (Å²) in [6.45, 7) is 0.676. The first-order valence-corrected chi connectivity index (χ1v) is 7.21. The number of nitrogens with zero attached hydrogens (tertiary/aromatic N) is 1. The Kier molecular flexibility index (Phi) is 3.65. The van der Waals surface area contributed by atoms with Gasteiger partial charge in [-0.3, -0.25) is 0 Å². The Morgan fingerprint density at radius 1 is 1.10 bits per heavy atom. The van der Waals surface area contributed by atoms with E-state index in [0.29, 0.717) is 12.3 Å². The summed E-state index contributed by atoms with van der Waals surface area (Å²) in [4.78, 5) is 4.32. The molecule has 0 amide bonds. The van der Waals surface area contributed by atoms with Crippen LogP contribution in [-0.4, -0.2) is 10.1 Å². The molecule has 1 aromatic heterocycles. The Labute approximate surface area is 121 Å². The number of hydrogen-bond acceptors (Lipinski definition) is 4. The van der Waals surface area contributed by atoms with Crippen LogP contribution in [0.3, 0.4) is 0 Å². The Balaban J connectivity index is 1.73. The molecule has 0 fully saturated rings. The molecule has 0 aliphatic rings. The third-order valence-corrected chi connectivity index (χ3v) is 3.77. The second kappa shape index (κ2) is 5.75. The van der Waals surface area contributed by atoms with Crippen molar-refractivity contribution >= 4 is 17.0 Å². The van der Waals surface area contributed by atoms with Gasteiger partial charge in [0, 0.05) is 29.4 Å². The largest absolute Gasteiger partial charge is 0.508 e. The summed E-state index contributed by atoms with van der Waals surface area (Å²) in [5, 5.41) is 15.8. The van der Waals surface area contributed by atoms with Gasteiger partial charge in [-0.05, 0) is 29.8 Å². The van der Waals surface area contributed by atoms with Crippen molar-refractivity contribution in [2.24, 2.45) is 0 Å². The number of nitrogens with one attached hydrogen (secondary N) is 1. The Bertz CT molecular complexity index is 695. The van der Waals surface area contributed by atoms with Crippen molar-refractivity contribution in [1.29, 1.82) is 0 Å². The highest BCUT2D eigenvalue weighted by Crippen LogP contribution is 2.24. The fourth-order valence-electron chi connectivity index (χ4n) is 2.00. The lowest BCUT2D eigenvalue weighted by Crippen LogP contribution is -1.99. The highest BCUT2D eigenvalue weighted by atomic mass is 32.1. The van der Waals surface area contributed by atoms with Crippen LogP contribution >= 0.6 is 11.3 Å². The van der Waals surface area contributed by atoms with Gasteiger partial charge >= 0.3 is 0 Å². The molecule has 20 heavy (non-hydrogen) atoms. The predicted molar refractivity (Wildman–Crippen MR) is 83.0 cm³/mol. The molecule has 3 rings (SSSR count). The highest BCUT2D eigenvalue weighted by Gasteiger charge is 2.01. The van der Waals surface area contributed by atoms with Crippen LogP contribution in [0.25, 0.3) is 10.6 Å². The SMILES string of the molecule is Oc1cccc(CNc2cccc(-c3nccs3)c2)c1. The van der Waals surface area contributed by atoms with E-state index in [1.807, 2.05) is 35.8 Å². The second-order valence-corrected chi connectivity index (χ2v) is 5.34. The van der Waals surface area contributed by atoms with E-state index in [1.165, 1.54) is 0 Å². The Morgan fingerprint density at radius 2 is 2.00 bits per heavy atom. The molecule has 0 aliphatic carbocycles. The van der Waals surface area contributed by atoms with Gasteiger partial charge in [-0.15, -0.1) is 11.3 Å². The first-order chi connectivity index (χ1) is 9.81. The first kappa shape index (κ1) is 12.7. The molecule has 0 unspecified atom stereocenters. The third-order valence-electron chi connectivity index (χ3n) is 2.95. The second-order valence-electron chi connectivity index (χ2n) is 4.44. The number of phenolic OH excluding ortho intramolecular Hbond substituents is 1. The van der Waals surface area contributed by atoms with Crippen LogP contribution in [0.15, 0.2) is 60.1 Å². The van der Waals surface area contributed by atoms with Gasteiger partial charge in [0.25, 0.3) is 0 Å². The van der Waals surface area contributed by atoms with Crippen LogP contribution in [0.4, 0.5) is 5.69 Å². The zero-order valence-electron chi connectivity index (χ0n) is 10.8. The molecule has 2 aromatic carbocycles. The minimum atomic E-state index is 0.292. The molecule has 1 heterocycles. The van der Waals surface area contributed by atoms with Crippen molar-refractivity contribution in [3.8, 4) is 16.3 Å². The van der Waals surface area contributed by atoms with Crippen molar-refractivity contribution in [2.45, 2.75) is 6.54 Å². The molecule has 3 nitrogen and oxygen atoms in total. The van der Waals surface area contributed by atoms with E-state index >= 15 is 0 Å². The summed E-state index contributed by atoms with van der Waals surface area (Å²) in [6.07, 6.45) is 1.81. The molecule has 100 valence electrons. The molecule has 2 N–H and O–H groups in total. The summed E-state index contributed by atoms with van der Waals surface area (Å²) >= 11 is 1.63. The molecule has 0 atom stereocenters. The van der Waals surface area contributed by atoms with E-state index in [-0.39, 0.29) is 0 Å². The van der Waals surface area contributed by atoms with Crippen LogP contribution in [-0.2, 0) is 6.54 Å². The topological polar surface area (TPSA) is 45.1 Å². The summed E-state index contributed by atoms with van der Waals surface area (Å²) < 4.78 is 0. The maximum absolute atomic E-state index is 9.44. The summed E-state index contributed by atoms with van der Waals surface area (Å²) in [5.41, 5.74) is 3.20. The Morgan fingerprint density at radius 3 is 2.80 bits per heavy atom.